The van der Waals surface area contributed by atoms with Crippen molar-refractivity contribution < 1.29 is 33.3 Å². The Balaban J connectivity index is 2.21. The van der Waals surface area contributed by atoms with Gasteiger partial charge in [-0.1, -0.05) is 25.1 Å². The van der Waals surface area contributed by atoms with Gasteiger partial charge in [-0.15, -0.1) is 6.58 Å². The minimum atomic E-state index is -0.723. The third-order valence-corrected chi connectivity index (χ3v) is 5.44. The summed E-state index contributed by atoms with van der Waals surface area (Å²) < 4.78 is 28.0. The molecular weight excluding hydrogens is 424 g/mol. The fraction of sp³-hybridized carbons (Fsp3) is 0.462. The summed E-state index contributed by atoms with van der Waals surface area (Å²) >= 11 is 0. The van der Waals surface area contributed by atoms with Crippen molar-refractivity contribution in [1.29, 1.82) is 0 Å². The van der Waals surface area contributed by atoms with E-state index in [1.54, 1.807) is 31.2 Å². The largest absolute Gasteiger partial charge is 0.504 e. The van der Waals surface area contributed by atoms with Gasteiger partial charge in [0.2, 0.25) is 0 Å². The maximum absolute atomic E-state index is 12.6. The Bertz CT molecular complexity index is 940. The van der Waals surface area contributed by atoms with E-state index in [0.717, 1.165) is 5.56 Å². The monoisotopic (exact) mass is 458 g/mol. The van der Waals surface area contributed by atoms with Crippen LogP contribution < -0.4 is 9.47 Å². The van der Waals surface area contributed by atoms with Crippen LogP contribution in [0.3, 0.4) is 0 Å². The van der Waals surface area contributed by atoms with Crippen LogP contribution in [0.5, 0.6) is 11.5 Å². The summed E-state index contributed by atoms with van der Waals surface area (Å²) in [6, 6.07) is 5.42. The van der Waals surface area contributed by atoms with Crippen LogP contribution in [0.4, 0.5) is 0 Å². The Hall–Kier alpha value is -3.06. The van der Waals surface area contributed by atoms with Gasteiger partial charge in [0.25, 0.3) is 0 Å². The molecule has 1 aliphatic heterocycles. The van der Waals surface area contributed by atoms with Crippen LogP contribution in [0.15, 0.2) is 48.8 Å². The number of ether oxygens (including phenoxy) is 5. The normalized spacial score (nSPS) is 18.9. The van der Waals surface area contributed by atoms with Crippen molar-refractivity contribution in [2.45, 2.75) is 51.9 Å². The number of methoxy groups -OCH3 is 2. The maximum Gasteiger partial charge on any atom is 0.337 e. The van der Waals surface area contributed by atoms with Gasteiger partial charge in [0, 0.05) is 0 Å². The quantitative estimate of drug-likeness (QED) is 0.233. The molecule has 1 aromatic carbocycles. The lowest BCUT2D eigenvalue weighted by Gasteiger charge is -2.36. The summed E-state index contributed by atoms with van der Waals surface area (Å²) in [6.07, 6.45) is 5.72. The molecule has 0 saturated carbocycles. The van der Waals surface area contributed by atoms with Crippen LogP contribution in [-0.4, -0.2) is 49.9 Å². The summed E-state index contributed by atoms with van der Waals surface area (Å²) in [5, 5.41) is 0. The van der Waals surface area contributed by atoms with Gasteiger partial charge in [-0.3, -0.25) is 4.79 Å². The van der Waals surface area contributed by atoms with Crippen molar-refractivity contribution >= 4 is 17.8 Å². The lowest BCUT2D eigenvalue weighted by molar-refractivity contribution is -0.137. The molecular formula is C26H34O7. The summed E-state index contributed by atoms with van der Waals surface area (Å²) in [4.78, 5) is 24.5. The zero-order valence-corrected chi connectivity index (χ0v) is 20.5. The van der Waals surface area contributed by atoms with E-state index in [0.29, 0.717) is 18.1 Å². The van der Waals surface area contributed by atoms with Crippen molar-refractivity contribution in [3.05, 3.63) is 54.3 Å². The topological polar surface area (TPSA) is 80.3 Å². The van der Waals surface area contributed by atoms with Gasteiger partial charge in [0.05, 0.1) is 37.6 Å². The Labute approximate surface area is 196 Å². The molecule has 0 spiro atoms. The van der Waals surface area contributed by atoms with E-state index in [4.69, 9.17) is 23.7 Å². The van der Waals surface area contributed by atoms with Gasteiger partial charge in [-0.25, -0.2) is 4.79 Å². The van der Waals surface area contributed by atoms with E-state index in [-0.39, 0.29) is 17.5 Å². The van der Waals surface area contributed by atoms with E-state index < -0.39 is 23.1 Å². The van der Waals surface area contributed by atoms with E-state index in [1.807, 2.05) is 33.8 Å². The molecule has 0 bridgehead atoms. The Morgan fingerprint density at radius 3 is 2.55 bits per heavy atom. The molecule has 0 amide bonds. The fourth-order valence-electron chi connectivity index (χ4n) is 3.18. The molecule has 0 radical (unpaired) electrons. The lowest BCUT2D eigenvalue weighted by Crippen LogP contribution is -2.49. The molecule has 2 rings (SSSR count). The lowest BCUT2D eigenvalue weighted by atomic mass is 9.96. The summed E-state index contributed by atoms with van der Waals surface area (Å²) in [6.45, 7) is 13.5. The van der Waals surface area contributed by atoms with E-state index in [1.165, 1.54) is 26.6 Å². The first kappa shape index (κ1) is 26.2. The molecule has 0 aromatic heterocycles. The number of allylic oxidation sites excluding steroid dienone is 1. The van der Waals surface area contributed by atoms with E-state index >= 15 is 0 Å². The molecule has 2 atom stereocenters. The standard InChI is InChI=1S/C26H34O7/c1-9-25(3,4)33-23-16-31-21-13-11-18(14-22(21)32-26(23,5)6)10-12-20(27)17(2)19(15-29-7)24(28)30-8/h9-15,17,23H,1,16H2,2-8H3/t17?,23-/m1/s1. The number of esters is 1. The zero-order valence-electron chi connectivity index (χ0n) is 20.5. The van der Waals surface area contributed by atoms with Crippen LogP contribution in [0.1, 0.15) is 40.2 Å². The van der Waals surface area contributed by atoms with Crippen molar-refractivity contribution in [3.63, 3.8) is 0 Å². The van der Waals surface area contributed by atoms with Gasteiger partial charge in [-0.2, -0.15) is 0 Å². The van der Waals surface area contributed by atoms with E-state index in [2.05, 4.69) is 6.58 Å². The van der Waals surface area contributed by atoms with Crippen LogP contribution in [-0.2, 0) is 23.8 Å². The Morgan fingerprint density at radius 1 is 1.24 bits per heavy atom. The fourth-order valence-corrected chi connectivity index (χ4v) is 3.18. The minimum absolute atomic E-state index is 0.142. The SMILES string of the molecule is C=CC(C)(C)O[C@@H]1COc2ccc(C=CC(=O)C(C)C(=COC)C(=O)OC)cc2OC1(C)C. The summed E-state index contributed by atoms with van der Waals surface area (Å²) in [5.41, 5.74) is -0.312. The average Bonchev–Trinajstić information content (AvgIpc) is 2.89. The van der Waals surface area contributed by atoms with Crippen LogP contribution in [0.2, 0.25) is 0 Å². The van der Waals surface area contributed by atoms with Crippen LogP contribution in [0, 0.1) is 5.92 Å². The highest BCUT2D eigenvalue weighted by Crippen LogP contribution is 2.37. The van der Waals surface area contributed by atoms with Gasteiger partial charge in [0.1, 0.15) is 18.3 Å². The predicted molar refractivity (Wildman–Crippen MR) is 126 cm³/mol. The molecule has 1 unspecified atom stereocenters. The van der Waals surface area contributed by atoms with Crippen LogP contribution >= 0.6 is 0 Å². The third-order valence-electron chi connectivity index (χ3n) is 5.44. The number of benzene rings is 1. The van der Waals surface area contributed by atoms with Gasteiger partial charge in [0.15, 0.2) is 17.3 Å². The summed E-state index contributed by atoms with van der Waals surface area (Å²) in [5.74, 6) is -0.450. The van der Waals surface area contributed by atoms with Gasteiger partial charge < -0.3 is 23.7 Å². The molecule has 0 saturated heterocycles. The molecule has 33 heavy (non-hydrogen) atoms. The second-order valence-corrected chi connectivity index (χ2v) is 8.89. The number of rotatable bonds is 9. The first-order chi connectivity index (χ1) is 15.4. The number of hydrogen-bond donors (Lipinski definition) is 0. The van der Waals surface area contributed by atoms with Crippen molar-refractivity contribution in [2.24, 2.45) is 5.92 Å². The molecule has 0 aliphatic carbocycles. The molecule has 1 aromatic rings. The zero-order chi connectivity index (χ0) is 24.8. The highest BCUT2D eigenvalue weighted by atomic mass is 16.6. The highest BCUT2D eigenvalue weighted by molar-refractivity contribution is 6.03. The number of ketones is 1. The minimum Gasteiger partial charge on any atom is -0.504 e. The molecule has 7 nitrogen and oxygen atoms in total. The van der Waals surface area contributed by atoms with Crippen molar-refractivity contribution in [2.75, 3.05) is 20.8 Å². The summed E-state index contributed by atoms with van der Waals surface area (Å²) in [7, 11) is 2.66. The molecule has 0 fully saturated rings. The third kappa shape index (κ3) is 6.71. The first-order valence-electron chi connectivity index (χ1n) is 10.7. The Morgan fingerprint density at radius 2 is 1.94 bits per heavy atom. The van der Waals surface area contributed by atoms with Gasteiger partial charge in [-0.05, 0) is 51.5 Å². The number of carbonyl (C=O) groups is 2. The smallest absolute Gasteiger partial charge is 0.337 e. The first-order valence-corrected chi connectivity index (χ1v) is 10.7. The number of fused-ring (bicyclic) bond motifs is 1. The van der Waals surface area contributed by atoms with E-state index in [9.17, 15) is 9.59 Å². The average molecular weight is 459 g/mol. The van der Waals surface area contributed by atoms with Crippen molar-refractivity contribution in [1.82, 2.24) is 0 Å². The molecule has 1 aliphatic rings. The Kier molecular flexibility index (Phi) is 8.50. The number of hydrogen-bond acceptors (Lipinski definition) is 7. The van der Waals surface area contributed by atoms with Crippen molar-refractivity contribution in [3.8, 4) is 11.5 Å². The number of carbonyl (C=O) groups excluding carboxylic acids is 2. The van der Waals surface area contributed by atoms with Gasteiger partial charge >= 0.3 is 5.97 Å². The molecule has 180 valence electrons. The maximum atomic E-state index is 12.6. The highest BCUT2D eigenvalue weighted by Gasteiger charge is 2.39. The molecule has 1 heterocycles. The van der Waals surface area contributed by atoms with Crippen LogP contribution in [0.25, 0.3) is 6.08 Å². The second kappa shape index (κ2) is 10.7. The molecule has 0 N–H and O–H groups in total. The molecule has 7 heteroatoms. The second-order valence-electron chi connectivity index (χ2n) is 8.89. The predicted octanol–water partition coefficient (Wildman–Crippen LogP) is 4.51.